The monoisotopic (exact) mass is 448 g/mol. The number of anilines is 1. The highest BCUT2D eigenvalue weighted by atomic mass is 32.2. The Morgan fingerprint density at radius 2 is 1.78 bits per heavy atom. The van der Waals surface area contributed by atoms with Crippen LogP contribution in [0.4, 0.5) is 5.69 Å². The van der Waals surface area contributed by atoms with Gasteiger partial charge in [0.2, 0.25) is 5.91 Å². The Balaban J connectivity index is 1.36. The van der Waals surface area contributed by atoms with E-state index in [1.54, 1.807) is 36.4 Å². The van der Waals surface area contributed by atoms with Gasteiger partial charge < -0.3 is 19.5 Å². The molecule has 32 heavy (non-hydrogen) atoms. The van der Waals surface area contributed by atoms with Gasteiger partial charge in [-0.15, -0.1) is 10.2 Å². The third-order valence-corrected chi connectivity index (χ3v) is 5.38. The lowest BCUT2D eigenvalue weighted by Gasteiger charge is -2.16. The zero-order valence-electron chi connectivity index (χ0n) is 17.1. The van der Waals surface area contributed by atoms with Gasteiger partial charge in [-0.1, -0.05) is 54.2 Å². The van der Waals surface area contributed by atoms with E-state index in [2.05, 4.69) is 20.8 Å². The number of benzene rings is 2. The number of furan rings is 1. The number of para-hydroxylation sites is 1. The molecule has 4 rings (SSSR count). The molecular formula is C23H20N4O4S. The summed E-state index contributed by atoms with van der Waals surface area (Å²) in [4.78, 5) is 25.3. The Morgan fingerprint density at radius 1 is 1.00 bits per heavy atom. The topological polar surface area (TPSA) is 110 Å². The molecule has 8 nitrogen and oxygen atoms in total. The Labute approximate surface area is 188 Å². The number of rotatable bonds is 8. The van der Waals surface area contributed by atoms with Crippen LogP contribution < -0.4 is 10.6 Å². The quantitative estimate of drug-likeness (QED) is 0.380. The van der Waals surface area contributed by atoms with Gasteiger partial charge in [-0.2, -0.15) is 0 Å². The molecule has 2 heterocycles. The molecule has 0 saturated carbocycles. The van der Waals surface area contributed by atoms with Gasteiger partial charge in [0.25, 0.3) is 17.0 Å². The van der Waals surface area contributed by atoms with Gasteiger partial charge in [0.05, 0.1) is 29.3 Å². The smallest absolute Gasteiger partial charge is 0.284 e. The largest absolute Gasteiger partial charge is 0.459 e. The Kier molecular flexibility index (Phi) is 6.66. The molecule has 2 aromatic heterocycles. The summed E-state index contributed by atoms with van der Waals surface area (Å²) in [6.45, 7) is 1.91. The number of hydrogen-bond acceptors (Lipinski definition) is 7. The van der Waals surface area contributed by atoms with Crippen LogP contribution in [0.5, 0.6) is 0 Å². The first-order chi connectivity index (χ1) is 15.6. The van der Waals surface area contributed by atoms with E-state index in [-0.39, 0.29) is 34.7 Å². The average Bonchev–Trinajstić information content (AvgIpc) is 3.51. The minimum absolute atomic E-state index is 0.0379. The molecular weight excluding hydrogens is 428 g/mol. The summed E-state index contributed by atoms with van der Waals surface area (Å²) < 4.78 is 10.7. The summed E-state index contributed by atoms with van der Waals surface area (Å²) in [5.74, 6) is 0.163. The fourth-order valence-electron chi connectivity index (χ4n) is 2.97. The molecule has 0 aliphatic carbocycles. The van der Waals surface area contributed by atoms with Crippen molar-refractivity contribution in [2.45, 2.75) is 18.2 Å². The van der Waals surface area contributed by atoms with Gasteiger partial charge in [0.1, 0.15) is 0 Å². The maximum Gasteiger partial charge on any atom is 0.284 e. The van der Waals surface area contributed by atoms with Crippen LogP contribution >= 0.6 is 11.8 Å². The lowest BCUT2D eigenvalue weighted by Crippen LogP contribution is -2.28. The van der Waals surface area contributed by atoms with Gasteiger partial charge in [-0.05, 0) is 36.8 Å². The highest BCUT2D eigenvalue weighted by molar-refractivity contribution is 7.99. The summed E-state index contributed by atoms with van der Waals surface area (Å²) in [7, 11) is 0. The molecule has 0 saturated heterocycles. The van der Waals surface area contributed by atoms with Crippen LogP contribution in [0.2, 0.25) is 0 Å². The van der Waals surface area contributed by atoms with Crippen molar-refractivity contribution in [3.63, 3.8) is 0 Å². The van der Waals surface area contributed by atoms with Crippen molar-refractivity contribution in [1.82, 2.24) is 15.5 Å². The summed E-state index contributed by atoms with van der Waals surface area (Å²) in [5, 5.41) is 13.8. The van der Waals surface area contributed by atoms with Crippen molar-refractivity contribution in [3.05, 3.63) is 84.1 Å². The minimum atomic E-state index is -0.302. The molecule has 1 atom stereocenters. The number of carbonyl (C=O) groups excluding carboxylic acids is 2. The Hall–Kier alpha value is -3.85. The second-order valence-electron chi connectivity index (χ2n) is 6.84. The lowest BCUT2D eigenvalue weighted by atomic mass is 10.1. The molecule has 2 aromatic carbocycles. The normalized spacial score (nSPS) is 11.7. The summed E-state index contributed by atoms with van der Waals surface area (Å²) in [6, 6.07) is 19.8. The third kappa shape index (κ3) is 5.25. The van der Waals surface area contributed by atoms with Gasteiger partial charge in [0.15, 0.2) is 5.76 Å². The van der Waals surface area contributed by atoms with Crippen molar-refractivity contribution < 1.29 is 18.4 Å². The Morgan fingerprint density at radius 3 is 2.56 bits per heavy atom. The molecule has 0 spiro atoms. The first-order valence-corrected chi connectivity index (χ1v) is 10.8. The predicted octanol–water partition coefficient (Wildman–Crippen LogP) is 4.55. The molecule has 4 aromatic rings. The molecule has 0 radical (unpaired) electrons. The standard InChI is InChI=1S/C23H20N4O4S/c1-15(16-8-3-2-4-9-16)24-21(29)17-10-5-6-11-18(17)25-20(28)14-32-23-27-26-22(31-23)19-12-7-13-30-19/h2-13,15H,14H2,1H3,(H,24,29)(H,25,28)/t15-/m1/s1. The average molecular weight is 449 g/mol. The second-order valence-corrected chi connectivity index (χ2v) is 7.77. The highest BCUT2D eigenvalue weighted by Crippen LogP contribution is 2.24. The van der Waals surface area contributed by atoms with E-state index in [1.807, 2.05) is 37.3 Å². The van der Waals surface area contributed by atoms with E-state index < -0.39 is 0 Å². The van der Waals surface area contributed by atoms with Gasteiger partial charge >= 0.3 is 0 Å². The number of amides is 2. The molecule has 0 aliphatic heterocycles. The SMILES string of the molecule is C[C@@H](NC(=O)c1ccccc1NC(=O)CSc1nnc(-c2ccco2)o1)c1ccccc1. The second kappa shape index (κ2) is 9.97. The summed E-state index contributed by atoms with van der Waals surface area (Å²) >= 11 is 1.09. The zero-order chi connectivity index (χ0) is 22.3. The molecule has 0 aliphatic rings. The number of hydrogen-bond donors (Lipinski definition) is 2. The number of nitrogens with zero attached hydrogens (tertiary/aromatic N) is 2. The predicted molar refractivity (Wildman–Crippen MR) is 120 cm³/mol. The van der Waals surface area contributed by atoms with Crippen molar-refractivity contribution in [1.29, 1.82) is 0 Å². The van der Waals surface area contributed by atoms with E-state index in [4.69, 9.17) is 8.83 Å². The van der Waals surface area contributed by atoms with Crippen molar-refractivity contribution in [2.24, 2.45) is 0 Å². The van der Waals surface area contributed by atoms with Gasteiger partial charge in [-0.25, -0.2) is 0 Å². The van der Waals surface area contributed by atoms with Crippen molar-refractivity contribution in [3.8, 4) is 11.7 Å². The van der Waals surface area contributed by atoms with Crippen molar-refractivity contribution in [2.75, 3.05) is 11.1 Å². The molecule has 162 valence electrons. The maximum absolute atomic E-state index is 12.8. The van der Waals surface area contributed by atoms with Crippen LogP contribution in [0.15, 0.2) is 87.1 Å². The number of aromatic nitrogens is 2. The summed E-state index contributed by atoms with van der Waals surface area (Å²) in [5.41, 5.74) is 1.80. The first kappa shape index (κ1) is 21.4. The number of carbonyl (C=O) groups is 2. The van der Waals surface area contributed by atoms with Gasteiger partial charge in [-0.3, -0.25) is 9.59 Å². The fourth-order valence-corrected chi connectivity index (χ4v) is 3.53. The molecule has 2 N–H and O–H groups in total. The van der Waals surface area contributed by atoms with Crippen LogP contribution in [0.25, 0.3) is 11.7 Å². The zero-order valence-corrected chi connectivity index (χ0v) is 18.0. The number of thioether (sulfide) groups is 1. The fraction of sp³-hybridized carbons (Fsp3) is 0.130. The molecule has 0 fully saturated rings. The van der Waals surface area contributed by atoms with Crippen LogP contribution in [-0.2, 0) is 4.79 Å². The lowest BCUT2D eigenvalue weighted by molar-refractivity contribution is -0.113. The molecule has 0 bridgehead atoms. The van der Waals surface area contributed by atoms with Crippen molar-refractivity contribution >= 4 is 29.3 Å². The minimum Gasteiger partial charge on any atom is -0.459 e. The molecule has 0 unspecified atom stereocenters. The Bertz CT molecular complexity index is 1190. The highest BCUT2D eigenvalue weighted by Gasteiger charge is 2.17. The molecule has 2 amide bonds. The van der Waals surface area contributed by atoms with Crippen LogP contribution in [0.1, 0.15) is 28.9 Å². The van der Waals surface area contributed by atoms with E-state index in [0.29, 0.717) is 17.0 Å². The van der Waals surface area contributed by atoms with E-state index >= 15 is 0 Å². The van der Waals surface area contributed by atoms with Crippen LogP contribution in [0, 0.1) is 0 Å². The van der Waals surface area contributed by atoms with E-state index in [0.717, 1.165) is 17.3 Å². The maximum atomic E-state index is 12.8. The molecule has 9 heteroatoms. The van der Waals surface area contributed by atoms with E-state index in [1.165, 1.54) is 6.26 Å². The first-order valence-electron chi connectivity index (χ1n) is 9.85. The van der Waals surface area contributed by atoms with Gasteiger partial charge in [0, 0.05) is 0 Å². The van der Waals surface area contributed by atoms with E-state index in [9.17, 15) is 9.59 Å². The van der Waals surface area contributed by atoms with Crippen LogP contribution in [0.3, 0.4) is 0 Å². The van der Waals surface area contributed by atoms with Crippen LogP contribution in [-0.4, -0.2) is 27.8 Å². The number of nitrogens with one attached hydrogen (secondary N) is 2. The summed E-state index contributed by atoms with van der Waals surface area (Å²) in [6.07, 6.45) is 1.51. The third-order valence-electron chi connectivity index (χ3n) is 4.56.